The summed E-state index contributed by atoms with van der Waals surface area (Å²) in [6.45, 7) is 3.89. The Morgan fingerprint density at radius 1 is 1.62 bits per heavy atom. The second-order valence-electron chi connectivity index (χ2n) is 5.77. The zero-order valence-corrected chi connectivity index (χ0v) is 13.9. The largest absolute Gasteiger partial charge is 0.386 e. The Labute approximate surface area is 135 Å². The van der Waals surface area contributed by atoms with Crippen molar-refractivity contribution in [1.82, 2.24) is 9.88 Å². The van der Waals surface area contributed by atoms with E-state index >= 15 is 0 Å². The number of amides is 1. The predicted molar refractivity (Wildman–Crippen MR) is 82.6 cm³/mol. The molecule has 0 spiro atoms. The molecule has 110 valence electrons. The van der Waals surface area contributed by atoms with Gasteiger partial charge in [0.25, 0.3) is 0 Å². The molecule has 0 bridgehead atoms. The summed E-state index contributed by atoms with van der Waals surface area (Å²) in [4.78, 5) is 18.1. The average Bonchev–Trinajstić information content (AvgIpc) is 2.75. The molecule has 0 saturated carbocycles. The van der Waals surface area contributed by atoms with Gasteiger partial charge in [-0.25, -0.2) is 0 Å². The van der Waals surface area contributed by atoms with Crippen LogP contribution in [0.2, 0.25) is 0 Å². The fourth-order valence-corrected chi connectivity index (χ4v) is 5.45. The lowest BCUT2D eigenvalue weighted by molar-refractivity contribution is -0.153. The lowest BCUT2D eigenvalue weighted by Gasteiger charge is -2.51. The van der Waals surface area contributed by atoms with Crippen LogP contribution in [-0.4, -0.2) is 41.4 Å². The van der Waals surface area contributed by atoms with E-state index in [9.17, 15) is 15.2 Å². The van der Waals surface area contributed by atoms with Crippen LogP contribution in [0.3, 0.4) is 0 Å². The van der Waals surface area contributed by atoms with Crippen LogP contribution in [-0.2, 0) is 4.79 Å². The van der Waals surface area contributed by atoms with Gasteiger partial charge >= 0.3 is 0 Å². The molecule has 2 aliphatic heterocycles. The highest BCUT2D eigenvalue weighted by molar-refractivity contribution is 9.10. The first-order valence-electron chi connectivity index (χ1n) is 6.51. The third-order valence-corrected chi connectivity index (χ3v) is 7.21. The summed E-state index contributed by atoms with van der Waals surface area (Å²) < 4.78 is -1.46. The minimum absolute atomic E-state index is 0.242. The van der Waals surface area contributed by atoms with Crippen molar-refractivity contribution in [3.05, 3.63) is 30.1 Å². The molecule has 0 radical (unpaired) electrons. The molecule has 0 aliphatic carbocycles. The van der Waals surface area contributed by atoms with Crippen molar-refractivity contribution in [1.29, 1.82) is 5.26 Å². The van der Waals surface area contributed by atoms with Crippen LogP contribution in [0, 0.1) is 11.3 Å². The quantitative estimate of drug-likeness (QED) is 0.637. The Morgan fingerprint density at radius 2 is 2.33 bits per heavy atom. The van der Waals surface area contributed by atoms with Gasteiger partial charge in [-0.15, -0.1) is 11.8 Å². The van der Waals surface area contributed by atoms with E-state index in [0.29, 0.717) is 5.56 Å². The van der Waals surface area contributed by atoms with Gasteiger partial charge in [0, 0.05) is 22.7 Å². The van der Waals surface area contributed by atoms with Gasteiger partial charge in [-0.05, 0) is 19.9 Å². The summed E-state index contributed by atoms with van der Waals surface area (Å²) in [5.74, 6) is -0.242. The number of nitriles is 1. The highest BCUT2D eigenvalue weighted by atomic mass is 79.9. The van der Waals surface area contributed by atoms with Crippen molar-refractivity contribution in [3.8, 4) is 6.07 Å². The number of fused-ring (bicyclic) bond motifs is 1. The van der Waals surface area contributed by atoms with Crippen LogP contribution in [0.4, 0.5) is 0 Å². The number of aliphatic hydroxyl groups is 1. The number of aliphatic hydroxyl groups excluding tert-OH is 1. The summed E-state index contributed by atoms with van der Waals surface area (Å²) in [7, 11) is 0. The number of nitrogens with zero attached hydrogens (tertiary/aromatic N) is 3. The predicted octanol–water partition coefficient (Wildman–Crippen LogP) is 1.83. The molecule has 3 heterocycles. The van der Waals surface area contributed by atoms with Crippen molar-refractivity contribution in [2.24, 2.45) is 0 Å². The zero-order valence-electron chi connectivity index (χ0n) is 11.5. The lowest BCUT2D eigenvalue weighted by atomic mass is 9.85. The third-order valence-electron chi connectivity index (χ3n) is 4.05. The summed E-state index contributed by atoms with van der Waals surface area (Å²) in [6.07, 6.45) is 2.17. The average molecular weight is 368 g/mol. The highest BCUT2D eigenvalue weighted by Gasteiger charge is 2.71. The van der Waals surface area contributed by atoms with Gasteiger partial charge in [-0.2, -0.15) is 5.26 Å². The molecule has 7 heteroatoms. The first-order chi connectivity index (χ1) is 9.84. The maximum Gasteiger partial charge on any atom is 0.247 e. The number of carbonyl (C=O) groups excluding carboxylic acids is 1. The lowest BCUT2D eigenvalue weighted by Crippen LogP contribution is -2.71. The second-order valence-corrected chi connectivity index (χ2v) is 8.82. The summed E-state index contributed by atoms with van der Waals surface area (Å²) >= 11 is 4.99. The minimum Gasteiger partial charge on any atom is -0.386 e. The van der Waals surface area contributed by atoms with Crippen LogP contribution in [0.5, 0.6) is 0 Å². The van der Waals surface area contributed by atoms with Crippen molar-refractivity contribution in [3.63, 3.8) is 0 Å². The van der Waals surface area contributed by atoms with Gasteiger partial charge in [0.2, 0.25) is 5.91 Å². The second kappa shape index (κ2) is 4.70. The van der Waals surface area contributed by atoms with Gasteiger partial charge in [0.1, 0.15) is 17.5 Å². The number of hydrogen-bond acceptors (Lipinski definition) is 5. The molecule has 1 aromatic heterocycles. The Bertz CT molecular complexity index is 633. The number of pyridine rings is 1. The number of hydrogen-bond donors (Lipinski definition) is 1. The molecule has 5 nitrogen and oxygen atoms in total. The molecule has 1 amide bonds. The molecule has 1 aromatic rings. The molecule has 2 fully saturated rings. The van der Waals surface area contributed by atoms with E-state index in [1.165, 1.54) is 11.8 Å². The van der Waals surface area contributed by atoms with E-state index < -0.39 is 16.5 Å². The monoisotopic (exact) mass is 367 g/mol. The van der Waals surface area contributed by atoms with Gasteiger partial charge in [-0.3, -0.25) is 9.78 Å². The summed E-state index contributed by atoms with van der Waals surface area (Å²) in [5, 5.41) is 19.7. The summed E-state index contributed by atoms with van der Waals surface area (Å²) in [6, 6.07) is 5.18. The Hall–Kier alpha value is -1.10. The molecule has 2 aliphatic rings. The van der Waals surface area contributed by atoms with E-state index in [1.807, 2.05) is 13.8 Å². The van der Waals surface area contributed by atoms with Crippen molar-refractivity contribution < 1.29 is 9.90 Å². The number of aromatic nitrogens is 1. The minimum atomic E-state index is -1.09. The van der Waals surface area contributed by atoms with Crippen LogP contribution in [0.15, 0.2) is 24.5 Å². The summed E-state index contributed by atoms with van der Waals surface area (Å²) in [5.41, 5.74) is 0.584. The Kier molecular flexibility index (Phi) is 3.32. The molecule has 0 unspecified atom stereocenters. The normalized spacial score (nSPS) is 34.8. The topological polar surface area (TPSA) is 77.2 Å². The van der Waals surface area contributed by atoms with Crippen LogP contribution >= 0.6 is 27.7 Å². The van der Waals surface area contributed by atoms with E-state index in [4.69, 9.17) is 0 Å². The van der Waals surface area contributed by atoms with Gasteiger partial charge < -0.3 is 10.0 Å². The number of β-lactam (4-membered cyclic amide) rings is 1. The number of halogens is 1. The van der Waals surface area contributed by atoms with Crippen LogP contribution < -0.4 is 0 Å². The van der Waals surface area contributed by atoms with Crippen molar-refractivity contribution >= 4 is 33.6 Å². The van der Waals surface area contributed by atoms with Gasteiger partial charge in [-0.1, -0.05) is 22.0 Å². The maximum atomic E-state index is 12.6. The molecular weight excluding hydrogens is 354 g/mol. The third kappa shape index (κ3) is 1.86. The number of carbonyl (C=O) groups is 1. The van der Waals surface area contributed by atoms with Gasteiger partial charge in [0.15, 0.2) is 4.32 Å². The van der Waals surface area contributed by atoms with E-state index in [0.717, 1.165) is 0 Å². The van der Waals surface area contributed by atoms with E-state index in [1.54, 1.807) is 29.4 Å². The molecule has 4 atom stereocenters. The molecule has 0 aromatic carbocycles. The van der Waals surface area contributed by atoms with Gasteiger partial charge in [0.05, 0.1) is 6.07 Å². The van der Waals surface area contributed by atoms with E-state index in [-0.39, 0.29) is 16.0 Å². The molecule has 3 rings (SSSR count). The number of rotatable bonds is 2. The van der Waals surface area contributed by atoms with Crippen LogP contribution in [0.25, 0.3) is 0 Å². The van der Waals surface area contributed by atoms with Crippen molar-refractivity contribution in [2.75, 3.05) is 0 Å². The Balaban J connectivity index is 1.95. The fraction of sp³-hybridized carbons (Fsp3) is 0.500. The maximum absolute atomic E-state index is 12.6. The first kappa shape index (κ1) is 14.8. The molecule has 1 N–H and O–H groups in total. The Morgan fingerprint density at radius 3 is 2.90 bits per heavy atom. The van der Waals surface area contributed by atoms with Crippen LogP contribution in [0.1, 0.15) is 25.5 Å². The zero-order chi connectivity index (χ0) is 15.4. The molecule has 21 heavy (non-hydrogen) atoms. The highest BCUT2D eigenvalue weighted by Crippen LogP contribution is 2.61. The smallest absolute Gasteiger partial charge is 0.247 e. The standard InChI is InChI=1S/C14H14BrN3O2S/c1-13(2)9(6-16)18-11(20)14(15,12(18)21-13)10(19)8-4-3-5-17-7-8/h3-5,7,9-10,12,19H,1-2H3/t9-,10+,12-,14+/m0/s1. The fourth-order valence-electron chi connectivity index (χ4n) is 2.88. The first-order valence-corrected chi connectivity index (χ1v) is 8.18. The SMILES string of the molecule is CC1(C)S[C@@H]2N(C(=O)[C@]2(Br)[C@H](O)c2cccnc2)[C@H]1C#N. The molecular formula is C14H14BrN3O2S. The molecule has 2 saturated heterocycles. The number of alkyl halides is 1. The van der Waals surface area contributed by atoms with Crippen molar-refractivity contribution in [2.45, 2.75) is 40.4 Å². The van der Waals surface area contributed by atoms with E-state index in [2.05, 4.69) is 27.0 Å². The number of thioether (sulfide) groups is 1.